The molecule has 4 rings (SSSR count). The van der Waals surface area contributed by atoms with Crippen LogP contribution in [0.2, 0.25) is 5.02 Å². The van der Waals surface area contributed by atoms with Gasteiger partial charge < -0.3 is 0 Å². The third-order valence-corrected chi connectivity index (χ3v) is 8.37. The molecule has 158 valence electrons. The Kier molecular flexibility index (Phi) is 5.49. The van der Waals surface area contributed by atoms with Gasteiger partial charge in [0.25, 0.3) is 10.0 Å². The van der Waals surface area contributed by atoms with Gasteiger partial charge in [-0.1, -0.05) is 17.7 Å². The summed E-state index contributed by atoms with van der Waals surface area (Å²) in [5.41, 5.74) is 0.543. The summed E-state index contributed by atoms with van der Waals surface area (Å²) in [6.07, 6.45) is 2.90. The first-order chi connectivity index (χ1) is 14.3. The van der Waals surface area contributed by atoms with Gasteiger partial charge >= 0.3 is 0 Å². The lowest BCUT2D eigenvalue weighted by Crippen LogP contribution is -2.28. The first-order valence-electron chi connectivity index (χ1n) is 8.93. The minimum absolute atomic E-state index is 0.0329. The molecule has 1 N–H and O–H groups in total. The van der Waals surface area contributed by atoms with Crippen LogP contribution < -0.4 is 4.72 Å². The Balaban J connectivity index is 1.65. The zero-order valence-electron chi connectivity index (χ0n) is 15.5. The van der Waals surface area contributed by atoms with Crippen molar-refractivity contribution in [1.29, 1.82) is 0 Å². The molecule has 10 nitrogen and oxygen atoms in total. The van der Waals surface area contributed by atoms with Gasteiger partial charge in [0.05, 0.1) is 21.3 Å². The summed E-state index contributed by atoms with van der Waals surface area (Å²) in [6.45, 7) is 0.830. The van der Waals surface area contributed by atoms with Crippen molar-refractivity contribution in [2.45, 2.75) is 22.6 Å². The molecular weight excluding hydrogens is 452 g/mol. The molecule has 1 aliphatic heterocycles. The number of anilines is 1. The maximum absolute atomic E-state index is 12.9. The molecule has 0 amide bonds. The van der Waals surface area contributed by atoms with Crippen LogP contribution in [0.15, 0.2) is 58.6 Å². The van der Waals surface area contributed by atoms with E-state index in [4.69, 9.17) is 11.6 Å². The Hall–Kier alpha value is -2.54. The third-order valence-electron chi connectivity index (χ3n) is 4.61. The van der Waals surface area contributed by atoms with Gasteiger partial charge in [0.1, 0.15) is 11.2 Å². The second kappa shape index (κ2) is 7.95. The van der Waals surface area contributed by atoms with Crippen LogP contribution in [0.5, 0.6) is 0 Å². The highest BCUT2D eigenvalue weighted by Crippen LogP contribution is 2.30. The molecular formula is C17H17ClN6O4S2. The Bertz CT molecular complexity index is 1270. The van der Waals surface area contributed by atoms with Gasteiger partial charge in [0.2, 0.25) is 10.0 Å². The molecule has 0 saturated carbocycles. The van der Waals surface area contributed by atoms with Crippen molar-refractivity contribution in [1.82, 2.24) is 24.5 Å². The number of rotatable bonds is 6. The summed E-state index contributed by atoms with van der Waals surface area (Å²) < 4.78 is 56.5. The average molecular weight is 469 g/mol. The van der Waals surface area contributed by atoms with E-state index in [1.165, 1.54) is 45.6 Å². The molecule has 1 aliphatic rings. The van der Waals surface area contributed by atoms with Crippen LogP contribution in [0.25, 0.3) is 5.69 Å². The molecule has 1 fully saturated rings. The van der Waals surface area contributed by atoms with E-state index in [1.54, 1.807) is 12.1 Å². The number of halogens is 1. The number of sulfonamides is 2. The van der Waals surface area contributed by atoms with Crippen LogP contribution in [0.1, 0.15) is 12.8 Å². The minimum Gasteiger partial charge on any atom is -0.280 e. The summed E-state index contributed by atoms with van der Waals surface area (Å²) in [5, 5.41) is 10.8. The van der Waals surface area contributed by atoms with Gasteiger partial charge in [-0.2, -0.15) is 4.31 Å². The lowest BCUT2D eigenvalue weighted by molar-refractivity contribution is 0.477. The molecule has 0 aliphatic carbocycles. The van der Waals surface area contributed by atoms with Crippen LogP contribution in [0.3, 0.4) is 0 Å². The second-order valence-corrected chi connectivity index (χ2v) is 10.6. The van der Waals surface area contributed by atoms with Gasteiger partial charge in [-0.25, -0.2) is 21.5 Å². The van der Waals surface area contributed by atoms with Gasteiger partial charge in [0, 0.05) is 13.1 Å². The molecule has 0 unspecified atom stereocenters. The van der Waals surface area contributed by atoms with Crippen LogP contribution in [0, 0.1) is 0 Å². The van der Waals surface area contributed by atoms with Crippen LogP contribution in [0.4, 0.5) is 5.69 Å². The van der Waals surface area contributed by atoms with E-state index in [1.807, 2.05) is 0 Å². The van der Waals surface area contributed by atoms with Crippen molar-refractivity contribution in [2.75, 3.05) is 17.8 Å². The average Bonchev–Trinajstić information content (AvgIpc) is 3.44. The molecule has 2 heterocycles. The number of hydrogen-bond acceptors (Lipinski definition) is 7. The third kappa shape index (κ3) is 4.03. The second-order valence-electron chi connectivity index (χ2n) is 6.61. The first kappa shape index (κ1) is 20.7. The standard InChI is InChI=1S/C17H17ClN6O4S2/c18-16-7-6-13(10-17(16)30(27,28)23-8-1-2-9-23)20-29(25,26)15-5-3-4-14(11-15)24-12-19-21-22-24/h3-7,10-12,20H,1-2,8-9H2. The fourth-order valence-corrected chi connectivity index (χ4v) is 6.23. The van der Waals surface area contributed by atoms with Gasteiger partial charge in [0.15, 0.2) is 0 Å². The normalized spacial score (nSPS) is 15.4. The van der Waals surface area contributed by atoms with Gasteiger partial charge in [-0.15, -0.1) is 5.10 Å². The fourth-order valence-electron chi connectivity index (χ4n) is 3.12. The SMILES string of the molecule is O=S(=O)(Nc1ccc(Cl)c(S(=O)(=O)N2CCCC2)c1)c1cccc(-n2cnnn2)c1. The highest BCUT2D eigenvalue weighted by molar-refractivity contribution is 7.92. The summed E-state index contributed by atoms with van der Waals surface area (Å²) in [5.74, 6) is 0. The molecule has 0 atom stereocenters. The Labute approximate surface area is 178 Å². The van der Waals surface area contributed by atoms with Gasteiger partial charge in [-0.05, 0) is 59.7 Å². The summed E-state index contributed by atoms with van der Waals surface area (Å²) >= 11 is 6.12. The predicted octanol–water partition coefficient (Wildman–Crippen LogP) is 1.90. The number of tetrazole rings is 1. The predicted molar refractivity (Wildman–Crippen MR) is 109 cm³/mol. The largest absolute Gasteiger partial charge is 0.280 e. The first-order valence-corrected chi connectivity index (χ1v) is 12.2. The van der Waals surface area contributed by atoms with Crippen molar-refractivity contribution in [2.24, 2.45) is 0 Å². The van der Waals surface area contributed by atoms with Crippen molar-refractivity contribution in [3.8, 4) is 5.69 Å². The molecule has 0 bridgehead atoms. The quantitative estimate of drug-likeness (QED) is 0.585. The Morgan fingerprint density at radius 3 is 2.47 bits per heavy atom. The summed E-state index contributed by atoms with van der Waals surface area (Å²) in [4.78, 5) is -0.164. The van der Waals surface area contributed by atoms with Crippen LogP contribution in [-0.2, 0) is 20.0 Å². The van der Waals surface area contributed by atoms with E-state index in [0.717, 1.165) is 12.8 Å². The zero-order valence-corrected chi connectivity index (χ0v) is 17.9. The van der Waals surface area contributed by atoms with Gasteiger partial charge in [-0.3, -0.25) is 4.72 Å². The maximum atomic E-state index is 12.9. The van der Waals surface area contributed by atoms with E-state index < -0.39 is 20.0 Å². The topological polar surface area (TPSA) is 127 Å². The molecule has 1 saturated heterocycles. The van der Waals surface area contributed by atoms with E-state index in [0.29, 0.717) is 18.8 Å². The van der Waals surface area contributed by atoms with E-state index >= 15 is 0 Å². The minimum atomic E-state index is -4.00. The maximum Gasteiger partial charge on any atom is 0.261 e. The molecule has 2 aromatic carbocycles. The smallest absolute Gasteiger partial charge is 0.261 e. The van der Waals surface area contributed by atoms with Crippen molar-refractivity contribution in [3.63, 3.8) is 0 Å². The molecule has 1 aromatic heterocycles. The fraction of sp³-hybridized carbons (Fsp3) is 0.235. The molecule has 30 heavy (non-hydrogen) atoms. The molecule has 0 radical (unpaired) electrons. The lowest BCUT2D eigenvalue weighted by Gasteiger charge is -2.17. The van der Waals surface area contributed by atoms with Crippen LogP contribution >= 0.6 is 11.6 Å². The van der Waals surface area contributed by atoms with E-state index in [-0.39, 0.29) is 20.5 Å². The van der Waals surface area contributed by atoms with Crippen molar-refractivity contribution in [3.05, 3.63) is 53.8 Å². The van der Waals surface area contributed by atoms with E-state index in [9.17, 15) is 16.8 Å². The number of nitrogens with zero attached hydrogens (tertiary/aromatic N) is 5. The molecule has 3 aromatic rings. The summed E-state index contributed by atoms with van der Waals surface area (Å²) in [6, 6.07) is 10.0. The number of nitrogens with one attached hydrogen (secondary N) is 1. The van der Waals surface area contributed by atoms with Crippen LogP contribution in [-0.4, -0.2) is 54.4 Å². The highest BCUT2D eigenvalue weighted by atomic mass is 35.5. The van der Waals surface area contributed by atoms with Crippen molar-refractivity contribution >= 4 is 37.3 Å². The van der Waals surface area contributed by atoms with E-state index in [2.05, 4.69) is 20.2 Å². The zero-order chi connectivity index (χ0) is 21.4. The number of hydrogen-bond donors (Lipinski definition) is 1. The Morgan fingerprint density at radius 1 is 1.00 bits per heavy atom. The van der Waals surface area contributed by atoms with Crippen molar-refractivity contribution < 1.29 is 16.8 Å². The Morgan fingerprint density at radius 2 is 1.77 bits per heavy atom. The lowest BCUT2D eigenvalue weighted by atomic mass is 10.3. The number of benzene rings is 2. The highest BCUT2D eigenvalue weighted by Gasteiger charge is 2.29. The molecule has 0 spiro atoms. The number of aromatic nitrogens is 4. The monoisotopic (exact) mass is 468 g/mol. The summed E-state index contributed by atoms with van der Waals surface area (Å²) in [7, 11) is -7.81. The molecule has 13 heteroatoms.